The lowest BCUT2D eigenvalue weighted by atomic mass is 9.92. The van der Waals surface area contributed by atoms with Crippen LogP contribution >= 0.6 is 0 Å². The van der Waals surface area contributed by atoms with Crippen molar-refractivity contribution in [2.45, 2.75) is 40.0 Å². The minimum Gasteiger partial charge on any atom is -0.507 e. The van der Waals surface area contributed by atoms with Gasteiger partial charge in [0.25, 0.3) is 0 Å². The van der Waals surface area contributed by atoms with Crippen LogP contribution in [0.3, 0.4) is 0 Å². The van der Waals surface area contributed by atoms with Gasteiger partial charge >= 0.3 is 5.97 Å². The maximum Gasteiger partial charge on any atom is 0.341 e. The Morgan fingerprint density at radius 2 is 2.06 bits per heavy atom. The van der Waals surface area contributed by atoms with Crippen LogP contribution in [0.15, 0.2) is 12.1 Å². The van der Waals surface area contributed by atoms with Crippen molar-refractivity contribution in [2.75, 3.05) is 6.61 Å². The fraction of sp³-hybridized carbons (Fsp3) is 0.500. The summed E-state index contributed by atoms with van der Waals surface area (Å²) in [6.45, 7) is 8.20. The molecule has 0 radical (unpaired) electrons. The molecule has 0 aliphatic carbocycles. The van der Waals surface area contributed by atoms with Gasteiger partial charge in [0.05, 0.1) is 6.61 Å². The molecular weight excluding hydrogens is 216 g/mol. The molecule has 1 rings (SSSR count). The number of benzene rings is 1. The van der Waals surface area contributed by atoms with E-state index in [4.69, 9.17) is 4.74 Å². The zero-order chi connectivity index (χ0) is 13.0. The molecule has 3 nitrogen and oxygen atoms in total. The lowest BCUT2D eigenvalue weighted by molar-refractivity contribution is 0.0523. The molecule has 94 valence electrons. The summed E-state index contributed by atoms with van der Waals surface area (Å²) in [6, 6.07) is 3.38. The van der Waals surface area contributed by atoms with E-state index in [1.165, 1.54) is 0 Å². The molecule has 17 heavy (non-hydrogen) atoms. The van der Waals surface area contributed by atoms with Crippen molar-refractivity contribution >= 4 is 5.97 Å². The van der Waals surface area contributed by atoms with Gasteiger partial charge in [0.1, 0.15) is 11.3 Å². The van der Waals surface area contributed by atoms with Gasteiger partial charge in [-0.25, -0.2) is 4.79 Å². The predicted octanol–water partition coefficient (Wildman–Crippen LogP) is 3.39. The van der Waals surface area contributed by atoms with Crippen LogP contribution in [0.1, 0.15) is 54.6 Å². The Balaban J connectivity index is 3.19. The van der Waals surface area contributed by atoms with Gasteiger partial charge in [-0.2, -0.15) is 0 Å². The monoisotopic (exact) mass is 236 g/mol. The number of ether oxygens (including phenoxy) is 1. The van der Waals surface area contributed by atoms with E-state index in [2.05, 4.69) is 13.8 Å². The van der Waals surface area contributed by atoms with E-state index < -0.39 is 5.97 Å². The number of aryl methyl sites for hydroxylation is 1. The van der Waals surface area contributed by atoms with Gasteiger partial charge in [-0.15, -0.1) is 0 Å². The summed E-state index contributed by atoms with van der Waals surface area (Å²) in [5.74, 6) is -0.105. The van der Waals surface area contributed by atoms with E-state index in [1.807, 2.05) is 6.92 Å². The zero-order valence-corrected chi connectivity index (χ0v) is 10.9. The summed E-state index contributed by atoms with van der Waals surface area (Å²) >= 11 is 0. The molecule has 1 atom stereocenters. The van der Waals surface area contributed by atoms with Crippen molar-refractivity contribution in [1.82, 2.24) is 0 Å². The predicted molar refractivity (Wildman–Crippen MR) is 67.5 cm³/mol. The number of esters is 1. The SMILES string of the molecule is CCOC(=O)c1cc(C(C)CC)c(C)cc1O. The van der Waals surface area contributed by atoms with Crippen molar-refractivity contribution < 1.29 is 14.6 Å². The molecule has 1 aromatic carbocycles. The second-order valence-electron chi connectivity index (χ2n) is 4.26. The van der Waals surface area contributed by atoms with Gasteiger partial charge in [0, 0.05) is 0 Å². The Bertz CT molecular complexity index is 410. The Morgan fingerprint density at radius 3 is 2.59 bits per heavy atom. The third kappa shape index (κ3) is 2.99. The topological polar surface area (TPSA) is 46.5 Å². The molecule has 0 saturated carbocycles. The highest BCUT2D eigenvalue weighted by Gasteiger charge is 2.17. The van der Waals surface area contributed by atoms with Gasteiger partial charge in [-0.1, -0.05) is 13.8 Å². The number of carbonyl (C=O) groups excluding carboxylic acids is 1. The first-order valence-electron chi connectivity index (χ1n) is 6.01. The highest BCUT2D eigenvalue weighted by Crippen LogP contribution is 2.29. The van der Waals surface area contributed by atoms with Crippen LogP contribution in [0.4, 0.5) is 0 Å². The van der Waals surface area contributed by atoms with E-state index in [0.717, 1.165) is 17.5 Å². The standard InChI is InChI=1S/C14H20O3/c1-5-9(3)11-8-12(14(16)17-6-2)13(15)7-10(11)4/h7-9,15H,5-6H2,1-4H3. The first-order chi connectivity index (χ1) is 8.01. The summed E-state index contributed by atoms with van der Waals surface area (Å²) in [6.07, 6.45) is 0.994. The second kappa shape index (κ2) is 5.71. The quantitative estimate of drug-likeness (QED) is 0.815. The largest absolute Gasteiger partial charge is 0.507 e. The Hall–Kier alpha value is -1.51. The molecule has 3 heteroatoms. The summed E-state index contributed by atoms with van der Waals surface area (Å²) in [5.41, 5.74) is 2.35. The van der Waals surface area contributed by atoms with Crippen LogP contribution in [0.2, 0.25) is 0 Å². The second-order valence-corrected chi connectivity index (χ2v) is 4.26. The van der Waals surface area contributed by atoms with Gasteiger partial charge in [-0.3, -0.25) is 0 Å². The van der Waals surface area contributed by atoms with Crippen molar-refractivity contribution in [3.05, 3.63) is 28.8 Å². The molecule has 1 N–H and O–H groups in total. The molecule has 1 aromatic rings. The van der Waals surface area contributed by atoms with Crippen LogP contribution < -0.4 is 0 Å². The first-order valence-corrected chi connectivity index (χ1v) is 6.01. The number of hydrogen-bond donors (Lipinski definition) is 1. The van der Waals surface area contributed by atoms with Crippen molar-refractivity contribution in [1.29, 1.82) is 0 Å². The number of phenols is 1. The van der Waals surface area contributed by atoms with Gasteiger partial charge in [0.2, 0.25) is 0 Å². The molecule has 0 spiro atoms. The zero-order valence-electron chi connectivity index (χ0n) is 10.9. The Kier molecular flexibility index (Phi) is 4.55. The molecule has 0 fully saturated rings. The molecule has 0 aliphatic heterocycles. The van der Waals surface area contributed by atoms with Gasteiger partial charge in [0.15, 0.2) is 0 Å². The van der Waals surface area contributed by atoms with E-state index in [-0.39, 0.29) is 11.3 Å². The lowest BCUT2D eigenvalue weighted by Crippen LogP contribution is -2.07. The number of aromatic hydroxyl groups is 1. The maximum absolute atomic E-state index is 11.7. The van der Waals surface area contributed by atoms with Crippen LogP contribution in [-0.4, -0.2) is 17.7 Å². The minimum absolute atomic E-state index is 0.00648. The molecule has 0 aliphatic rings. The summed E-state index contributed by atoms with van der Waals surface area (Å²) in [4.78, 5) is 11.7. The average molecular weight is 236 g/mol. The Labute approximate surface area is 102 Å². The smallest absolute Gasteiger partial charge is 0.341 e. The molecule has 1 unspecified atom stereocenters. The van der Waals surface area contributed by atoms with E-state index >= 15 is 0 Å². The van der Waals surface area contributed by atoms with Crippen molar-refractivity contribution in [3.8, 4) is 5.75 Å². The van der Waals surface area contributed by atoms with E-state index in [9.17, 15) is 9.90 Å². The maximum atomic E-state index is 11.7. The molecular formula is C14H20O3. The average Bonchev–Trinajstić information content (AvgIpc) is 2.28. The highest BCUT2D eigenvalue weighted by atomic mass is 16.5. The molecule has 0 saturated heterocycles. The van der Waals surface area contributed by atoms with E-state index in [1.54, 1.807) is 19.1 Å². The molecule has 0 amide bonds. The fourth-order valence-electron chi connectivity index (χ4n) is 1.83. The molecule has 0 heterocycles. The first kappa shape index (κ1) is 13.6. The van der Waals surface area contributed by atoms with Crippen LogP contribution in [0, 0.1) is 6.92 Å². The Morgan fingerprint density at radius 1 is 1.41 bits per heavy atom. The summed E-state index contributed by atoms with van der Waals surface area (Å²) < 4.78 is 4.92. The van der Waals surface area contributed by atoms with Crippen LogP contribution in [-0.2, 0) is 4.74 Å². The van der Waals surface area contributed by atoms with Crippen LogP contribution in [0.5, 0.6) is 5.75 Å². The third-order valence-electron chi connectivity index (χ3n) is 3.02. The number of phenolic OH excluding ortho intramolecular Hbond substituents is 1. The van der Waals surface area contributed by atoms with Gasteiger partial charge in [-0.05, 0) is 49.4 Å². The minimum atomic E-state index is -0.463. The molecule has 0 aromatic heterocycles. The van der Waals surface area contributed by atoms with E-state index in [0.29, 0.717) is 12.5 Å². The molecule has 0 bridgehead atoms. The number of carbonyl (C=O) groups is 1. The summed E-state index contributed by atoms with van der Waals surface area (Å²) in [7, 11) is 0. The third-order valence-corrected chi connectivity index (χ3v) is 3.02. The van der Waals surface area contributed by atoms with Crippen molar-refractivity contribution in [3.63, 3.8) is 0 Å². The van der Waals surface area contributed by atoms with Crippen molar-refractivity contribution in [2.24, 2.45) is 0 Å². The normalized spacial score (nSPS) is 12.2. The highest BCUT2D eigenvalue weighted by molar-refractivity contribution is 5.92. The van der Waals surface area contributed by atoms with Gasteiger partial charge < -0.3 is 9.84 Å². The summed E-state index contributed by atoms with van der Waals surface area (Å²) in [5, 5.41) is 9.77. The van der Waals surface area contributed by atoms with Crippen LogP contribution in [0.25, 0.3) is 0 Å². The fourth-order valence-corrected chi connectivity index (χ4v) is 1.83. The number of rotatable bonds is 4. The number of hydrogen-bond acceptors (Lipinski definition) is 3. The lowest BCUT2D eigenvalue weighted by Gasteiger charge is -2.15.